The third-order valence-corrected chi connectivity index (χ3v) is 5.22. The summed E-state index contributed by atoms with van der Waals surface area (Å²) in [6, 6.07) is 8.59. The van der Waals surface area contributed by atoms with Crippen LogP contribution in [0.5, 0.6) is 0 Å². The van der Waals surface area contributed by atoms with Crippen LogP contribution < -0.4 is 20.9 Å². The number of nitrogens with zero attached hydrogens (tertiary/aromatic N) is 5. The van der Waals surface area contributed by atoms with Crippen molar-refractivity contribution < 1.29 is 13.6 Å². The molecule has 8 nitrogen and oxygen atoms in total. The number of hydrogen-bond donors (Lipinski definition) is 2. The molecule has 0 fully saturated rings. The lowest BCUT2D eigenvalue weighted by Crippen LogP contribution is -2.27. The first kappa shape index (κ1) is 21.4. The van der Waals surface area contributed by atoms with Gasteiger partial charge < -0.3 is 20.9 Å². The summed E-state index contributed by atoms with van der Waals surface area (Å²) in [5, 5.41) is 3.10. The summed E-state index contributed by atoms with van der Waals surface area (Å²) in [5.74, 6) is -0.596. The highest BCUT2D eigenvalue weighted by atomic mass is 19.1. The van der Waals surface area contributed by atoms with Crippen LogP contribution in [-0.2, 0) is 13.0 Å². The van der Waals surface area contributed by atoms with Crippen LogP contribution in [-0.4, -0.2) is 41.0 Å². The van der Waals surface area contributed by atoms with Crippen molar-refractivity contribution in [1.82, 2.24) is 15.0 Å². The second-order valence-corrected chi connectivity index (χ2v) is 7.88. The molecule has 0 saturated heterocycles. The summed E-state index contributed by atoms with van der Waals surface area (Å²) >= 11 is 0. The van der Waals surface area contributed by atoms with Gasteiger partial charge in [0.1, 0.15) is 11.6 Å². The van der Waals surface area contributed by atoms with Crippen molar-refractivity contribution in [2.45, 2.75) is 25.9 Å². The minimum absolute atomic E-state index is 0.140. The van der Waals surface area contributed by atoms with Gasteiger partial charge in [-0.15, -0.1) is 0 Å². The highest BCUT2D eigenvalue weighted by Gasteiger charge is 2.33. The topological polar surface area (TPSA) is 100 Å². The third kappa shape index (κ3) is 4.16. The number of nitrogens with one attached hydrogen (secondary N) is 1. The van der Waals surface area contributed by atoms with E-state index in [-0.39, 0.29) is 23.4 Å². The molecule has 1 atom stereocenters. The van der Waals surface area contributed by atoms with Crippen LogP contribution >= 0.6 is 0 Å². The van der Waals surface area contributed by atoms with Crippen LogP contribution in [0.2, 0.25) is 0 Å². The Balaban J connectivity index is 1.73. The van der Waals surface area contributed by atoms with E-state index in [1.807, 2.05) is 6.92 Å². The highest BCUT2D eigenvalue weighted by molar-refractivity contribution is 5.97. The summed E-state index contributed by atoms with van der Waals surface area (Å²) < 4.78 is 27.8. The molecule has 4 rings (SSSR count). The Bertz CT molecular complexity index is 1180. The van der Waals surface area contributed by atoms with E-state index in [1.54, 1.807) is 36.0 Å². The van der Waals surface area contributed by atoms with Crippen LogP contribution in [0.3, 0.4) is 0 Å². The van der Waals surface area contributed by atoms with Crippen molar-refractivity contribution in [2.75, 3.05) is 29.2 Å². The maximum absolute atomic E-state index is 14.3. The van der Waals surface area contributed by atoms with Gasteiger partial charge in [-0.05, 0) is 48.7 Å². The first-order valence-electron chi connectivity index (χ1n) is 10.1. The number of carbonyl (C=O) groups is 1. The van der Waals surface area contributed by atoms with Gasteiger partial charge in [-0.1, -0.05) is 12.1 Å². The summed E-state index contributed by atoms with van der Waals surface area (Å²) in [4.78, 5) is 28.8. The number of halogens is 2. The number of hydrogen-bond acceptors (Lipinski definition) is 7. The SMILES string of the molecule is CC1Cc2c(C(N)=O)cc(F)cc2N1c1nc(NCc2cccc(F)c2)nc(N(C)C)n1. The van der Waals surface area contributed by atoms with Gasteiger partial charge in [0, 0.05) is 32.2 Å². The predicted molar refractivity (Wildman–Crippen MR) is 118 cm³/mol. The Kier molecular flexibility index (Phi) is 5.60. The van der Waals surface area contributed by atoms with E-state index in [4.69, 9.17) is 5.73 Å². The van der Waals surface area contributed by atoms with Crippen molar-refractivity contribution in [3.05, 3.63) is 64.7 Å². The maximum Gasteiger partial charge on any atom is 0.249 e. The first-order chi connectivity index (χ1) is 15.2. The van der Waals surface area contributed by atoms with Crippen molar-refractivity contribution in [3.8, 4) is 0 Å². The number of fused-ring (bicyclic) bond motifs is 1. The zero-order chi connectivity index (χ0) is 23.0. The monoisotopic (exact) mass is 439 g/mol. The number of anilines is 4. The Morgan fingerprint density at radius 3 is 2.66 bits per heavy atom. The molecule has 2 aromatic carbocycles. The fourth-order valence-electron chi connectivity index (χ4n) is 3.77. The maximum atomic E-state index is 14.3. The lowest BCUT2D eigenvalue weighted by atomic mass is 10.0. The molecule has 3 N–H and O–H groups in total. The van der Waals surface area contributed by atoms with Gasteiger partial charge in [0.05, 0.1) is 5.69 Å². The van der Waals surface area contributed by atoms with E-state index >= 15 is 0 Å². The molecule has 2 heterocycles. The molecule has 1 aliphatic heterocycles. The zero-order valence-corrected chi connectivity index (χ0v) is 17.9. The number of primary amides is 1. The molecule has 0 saturated carbocycles. The Hall–Kier alpha value is -3.82. The van der Waals surface area contributed by atoms with Crippen LogP contribution in [0.25, 0.3) is 0 Å². The predicted octanol–water partition coefficient (Wildman–Crippen LogP) is 3.01. The average molecular weight is 439 g/mol. The van der Waals surface area contributed by atoms with Crippen molar-refractivity contribution in [1.29, 1.82) is 0 Å². The average Bonchev–Trinajstić information content (AvgIpc) is 3.06. The Morgan fingerprint density at radius 1 is 1.19 bits per heavy atom. The fourth-order valence-corrected chi connectivity index (χ4v) is 3.77. The van der Waals surface area contributed by atoms with Crippen molar-refractivity contribution in [3.63, 3.8) is 0 Å². The molecule has 3 aromatic rings. The molecular weight excluding hydrogens is 416 g/mol. The molecule has 0 aliphatic carbocycles. The normalized spacial score (nSPS) is 14.9. The molecule has 0 spiro atoms. The number of nitrogens with two attached hydrogens (primary N) is 1. The molecule has 32 heavy (non-hydrogen) atoms. The molecule has 0 bridgehead atoms. The van der Waals surface area contributed by atoms with Gasteiger partial charge in [0.2, 0.25) is 23.8 Å². The van der Waals surface area contributed by atoms with Crippen molar-refractivity contribution in [2.24, 2.45) is 5.73 Å². The lowest BCUT2D eigenvalue weighted by Gasteiger charge is -2.24. The highest BCUT2D eigenvalue weighted by Crippen LogP contribution is 2.39. The second-order valence-electron chi connectivity index (χ2n) is 7.88. The molecule has 1 aliphatic rings. The minimum atomic E-state index is -0.683. The quantitative estimate of drug-likeness (QED) is 0.609. The van der Waals surface area contributed by atoms with Crippen molar-refractivity contribution >= 4 is 29.4 Å². The largest absolute Gasteiger partial charge is 0.366 e. The van der Waals surface area contributed by atoms with Crippen LogP contribution in [0.1, 0.15) is 28.4 Å². The van der Waals surface area contributed by atoms with Gasteiger partial charge >= 0.3 is 0 Å². The number of rotatable bonds is 6. The lowest BCUT2D eigenvalue weighted by molar-refractivity contribution is 0.0999. The zero-order valence-electron chi connectivity index (χ0n) is 17.9. The third-order valence-electron chi connectivity index (χ3n) is 5.22. The van der Waals surface area contributed by atoms with E-state index in [0.717, 1.165) is 11.6 Å². The molecule has 1 unspecified atom stereocenters. The molecular formula is C22H23F2N7O. The first-order valence-corrected chi connectivity index (χ1v) is 10.1. The standard InChI is InChI=1S/C22H23F2N7O/c1-12-7-16-17(19(25)32)9-15(24)10-18(16)31(12)22-28-20(27-21(29-22)30(2)3)26-11-13-5-4-6-14(23)8-13/h4-6,8-10,12H,7,11H2,1-3H3,(H2,25,32)(H,26,27,28,29). The fraction of sp³-hybridized carbons (Fsp3) is 0.273. The second kappa shape index (κ2) is 8.37. The number of benzene rings is 2. The van der Waals surface area contributed by atoms with Crippen LogP contribution in [0.4, 0.5) is 32.3 Å². The molecule has 166 valence electrons. The van der Waals surface area contributed by atoms with E-state index in [2.05, 4.69) is 20.3 Å². The summed E-state index contributed by atoms with van der Waals surface area (Å²) in [5.41, 5.74) is 7.51. The number of amides is 1. The Labute approximate surface area is 184 Å². The summed E-state index contributed by atoms with van der Waals surface area (Å²) in [6.07, 6.45) is 0.489. The van der Waals surface area contributed by atoms with Gasteiger partial charge in [0.15, 0.2) is 0 Å². The number of aromatic nitrogens is 3. The molecule has 0 radical (unpaired) electrons. The molecule has 10 heteroatoms. The molecule has 1 aromatic heterocycles. The van der Waals surface area contributed by atoms with Gasteiger partial charge in [-0.3, -0.25) is 4.79 Å². The van der Waals surface area contributed by atoms with E-state index in [9.17, 15) is 13.6 Å². The summed E-state index contributed by atoms with van der Waals surface area (Å²) in [7, 11) is 3.59. The van der Waals surface area contributed by atoms with Crippen LogP contribution in [0.15, 0.2) is 36.4 Å². The smallest absolute Gasteiger partial charge is 0.249 e. The van der Waals surface area contributed by atoms with E-state index in [0.29, 0.717) is 36.1 Å². The van der Waals surface area contributed by atoms with Gasteiger partial charge in [-0.2, -0.15) is 15.0 Å². The molecule has 1 amide bonds. The number of carbonyl (C=O) groups excluding carboxylic acids is 1. The van der Waals surface area contributed by atoms with Crippen LogP contribution in [0, 0.1) is 11.6 Å². The van der Waals surface area contributed by atoms with Gasteiger partial charge in [0.25, 0.3) is 0 Å². The Morgan fingerprint density at radius 2 is 1.97 bits per heavy atom. The van der Waals surface area contributed by atoms with Gasteiger partial charge in [-0.25, -0.2) is 8.78 Å². The van der Waals surface area contributed by atoms with E-state index in [1.165, 1.54) is 18.2 Å². The minimum Gasteiger partial charge on any atom is -0.366 e. The summed E-state index contributed by atoms with van der Waals surface area (Å²) in [6.45, 7) is 2.24. The van der Waals surface area contributed by atoms with E-state index < -0.39 is 11.7 Å².